The van der Waals surface area contributed by atoms with Crippen molar-refractivity contribution >= 4 is 5.78 Å². The molecule has 0 bridgehead atoms. The van der Waals surface area contributed by atoms with Crippen LogP contribution in [0, 0.1) is 11.3 Å². The Hall–Kier alpha value is -1.52. The molecule has 1 aromatic rings. The van der Waals surface area contributed by atoms with E-state index < -0.39 is 11.8 Å². The van der Waals surface area contributed by atoms with Crippen molar-refractivity contribution in [3.05, 3.63) is 29.3 Å². The predicted octanol–water partition coefficient (Wildman–Crippen LogP) is 4.87. The van der Waals surface area contributed by atoms with E-state index in [0.717, 1.165) is 19.3 Å². The van der Waals surface area contributed by atoms with Crippen molar-refractivity contribution in [3.8, 4) is 5.75 Å². The molecule has 2 nitrogen and oxygen atoms in total. The molecule has 0 aliphatic heterocycles. The third kappa shape index (κ3) is 2.22. The lowest BCUT2D eigenvalue weighted by molar-refractivity contribution is -0.274. The average molecular weight is 312 g/mol. The second-order valence-electron chi connectivity index (χ2n) is 7.31. The molecule has 3 rings (SSSR count). The number of hydrogen-bond acceptors (Lipinski definition) is 2. The Labute approximate surface area is 127 Å². The Morgan fingerprint density at radius 2 is 1.86 bits per heavy atom. The van der Waals surface area contributed by atoms with Crippen molar-refractivity contribution in [2.75, 3.05) is 0 Å². The monoisotopic (exact) mass is 312 g/mol. The van der Waals surface area contributed by atoms with Crippen LogP contribution >= 0.6 is 0 Å². The van der Waals surface area contributed by atoms with Gasteiger partial charge in [-0.2, -0.15) is 0 Å². The van der Waals surface area contributed by atoms with Gasteiger partial charge in [0.05, 0.1) is 0 Å². The van der Waals surface area contributed by atoms with Crippen molar-refractivity contribution in [1.29, 1.82) is 0 Å². The SMILES string of the molecule is CC1(C)CCCC2(C)c3cc(OC(F)(F)F)ccc3C(=O)C12. The number of Topliss-reactive ketones (excluding diaryl/α,β-unsaturated/α-hetero) is 1. The normalized spacial score (nSPS) is 29.9. The third-order valence-electron chi connectivity index (χ3n) is 5.30. The Balaban J connectivity index is 2.08. The lowest BCUT2D eigenvalue weighted by Gasteiger charge is -2.46. The first-order valence-electron chi connectivity index (χ1n) is 7.49. The van der Waals surface area contributed by atoms with E-state index in [2.05, 4.69) is 18.6 Å². The van der Waals surface area contributed by atoms with Crippen molar-refractivity contribution in [2.24, 2.45) is 11.3 Å². The zero-order chi connectivity index (χ0) is 16.3. The van der Waals surface area contributed by atoms with Crippen LogP contribution in [0.2, 0.25) is 0 Å². The summed E-state index contributed by atoms with van der Waals surface area (Å²) in [5.41, 5.74) is 0.710. The number of halogens is 3. The summed E-state index contributed by atoms with van der Waals surface area (Å²) in [4.78, 5) is 12.8. The Bertz CT molecular complexity index is 633. The van der Waals surface area contributed by atoms with E-state index in [1.165, 1.54) is 18.2 Å². The minimum absolute atomic E-state index is 0.0563. The first-order chi connectivity index (χ1) is 10.0. The summed E-state index contributed by atoms with van der Waals surface area (Å²) < 4.78 is 41.3. The van der Waals surface area contributed by atoms with Gasteiger partial charge in [-0.1, -0.05) is 27.2 Å². The molecule has 1 aromatic carbocycles. The fourth-order valence-corrected chi connectivity index (χ4v) is 4.56. The number of alkyl halides is 3. The first kappa shape index (κ1) is 15.4. The fraction of sp³-hybridized carbons (Fsp3) is 0.588. The van der Waals surface area contributed by atoms with Crippen LogP contribution in [0.15, 0.2) is 18.2 Å². The highest BCUT2D eigenvalue weighted by Gasteiger charge is 2.56. The summed E-state index contributed by atoms with van der Waals surface area (Å²) >= 11 is 0. The van der Waals surface area contributed by atoms with Crippen molar-refractivity contribution in [1.82, 2.24) is 0 Å². The number of benzene rings is 1. The molecule has 5 heteroatoms. The molecule has 1 fully saturated rings. The van der Waals surface area contributed by atoms with Crippen LogP contribution < -0.4 is 4.74 Å². The smallest absolute Gasteiger partial charge is 0.406 e. The largest absolute Gasteiger partial charge is 0.573 e. The van der Waals surface area contributed by atoms with Gasteiger partial charge in [0, 0.05) is 16.9 Å². The van der Waals surface area contributed by atoms with Crippen LogP contribution in [-0.2, 0) is 5.41 Å². The van der Waals surface area contributed by atoms with Crippen LogP contribution in [0.25, 0.3) is 0 Å². The van der Waals surface area contributed by atoms with Gasteiger partial charge in [0.2, 0.25) is 0 Å². The van der Waals surface area contributed by atoms with Crippen LogP contribution in [-0.4, -0.2) is 12.1 Å². The standard InChI is InChI=1S/C17H19F3O2/c1-15(2)7-4-8-16(3)12-9-10(22-17(18,19)20)5-6-11(12)13(21)14(15)16/h5-6,9,14H,4,7-8H2,1-3H3. The first-order valence-corrected chi connectivity index (χ1v) is 7.49. The van der Waals surface area contributed by atoms with Gasteiger partial charge in [-0.3, -0.25) is 4.79 Å². The maximum absolute atomic E-state index is 12.8. The van der Waals surface area contributed by atoms with Gasteiger partial charge in [0.15, 0.2) is 5.78 Å². The summed E-state index contributed by atoms with van der Waals surface area (Å²) in [5.74, 6) is -0.366. The van der Waals surface area contributed by atoms with Crippen LogP contribution in [0.5, 0.6) is 5.75 Å². The number of rotatable bonds is 1. The maximum Gasteiger partial charge on any atom is 0.573 e. The van der Waals surface area contributed by atoms with Crippen molar-refractivity contribution in [2.45, 2.75) is 51.8 Å². The van der Waals surface area contributed by atoms with Crippen molar-refractivity contribution < 1.29 is 22.7 Å². The average Bonchev–Trinajstić information content (AvgIpc) is 2.57. The van der Waals surface area contributed by atoms with Gasteiger partial charge in [-0.25, -0.2) is 0 Å². The second kappa shape index (κ2) is 4.49. The molecule has 0 spiro atoms. The molecule has 2 aliphatic carbocycles. The topological polar surface area (TPSA) is 26.3 Å². The zero-order valence-electron chi connectivity index (χ0n) is 12.9. The lowest BCUT2D eigenvalue weighted by Crippen LogP contribution is -2.44. The quantitative estimate of drug-likeness (QED) is 0.740. The predicted molar refractivity (Wildman–Crippen MR) is 75.9 cm³/mol. The van der Waals surface area contributed by atoms with E-state index in [1.54, 1.807) is 0 Å². The molecule has 0 radical (unpaired) electrons. The summed E-state index contributed by atoms with van der Waals surface area (Å²) in [6, 6.07) is 4.12. The highest BCUT2D eigenvalue weighted by molar-refractivity contribution is 6.04. The van der Waals surface area contributed by atoms with E-state index >= 15 is 0 Å². The molecule has 0 N–H and O–H groups in total. The molecule has 2 unspecified atom stereocenters. The second-order valence-corrected chi connectivity index (χ2v) is 7.31. The summed E-state index contributed by atoms with van der Waals surface area (Å²) in [7, 11) is 0. The fourth-order valence-electron chi connectivity index (χ4n) is 4.56. The molecule has 1 saturated carbocycles. The van der Waals surface area contributed by atoms with Crippen molar-refractivity contribution in [3.63, 3.8) is 0 Å². The van der Waals surface area contributed by atoms with Gasteiger partial charge < -0.3 is 4.74 Å². The van der Waals surface area contributed by atoms with Gasteiger partial charge in [0.25, 0.3) is 0 Å². The minimum Gasteiger partial charge on any atom is -0.406 e. The minimum atomic E-state index is -4.72. The van der Waals surface area contributed by atoms with Gasteiger partial charge >= 0.3 is 6.36 Å². The third-order valence-corrected chi connectivity index (χ3v) is 5.30. The lowest BCUT2D eigenvalue weighted by atomic mass is 9.56. The summed E-state index contributed by atoms with van der Waals surface area (Å²) in [6.07, 6.45) is -1.98. The number of fused-ring (bicyclic) bond motifs is 3. The molecule has 0 aromatic heterocycles. The number of ether oxygens (including phenoxy) is 1. The van der Waals surface area contributed by atoms with E-state index in [9.17, 15) is 18.0 Å². The van der Waals surface area contributed by atoms with E-state index in [-0.39, 0.29) is 22.9 Å². The molecule has 120 valence electrons. The molecule has 2 atom stereocenters. The number of hydrogen-bond donors (Lipinski definition) is 0. The highest BCUT2D eigenvalue weighted by atomic mass is 19.4. The maximum atomic E-state index is 12.8. The zero-order valence-corrected chi connectivity index (χ0v) is 12.9. The summed E-state index contributed by atoms with van der Waals surface area (Å²) in [5, 5.41) is 0. The van der Waals surface area contributed by atoms with Crippen LogP contribution in [0.1, 0.15) is 56.0 Å². The molecule has 0 saturated heterocycles. The molecule has 2 aliphatic rings. The molecule has 0 amide bonds. The summed E-state index contributed by atoms with van der Waals surface area (Å²) in [6.45, 7) is 6.15. The number of carbonyl (C=O) groups is 1. The van der Waals surface area contributed by atoms with Crippen LogP contribution in [0.3, 0.4) is 0 Å². The van der Waals surface area contributed by atoms with Crippen LogP contribution in [0.4, 0.5) is 13.2 Å². The number of carbonyl (C=O) groups excluding carboxylic acids is 1. The molecular formula is C17H19F3O2. The van der Waals surface area contributed by atoms with E-state index in [4.69, 9.17) is 0 Å². The Kier molecular flexibility index (Phi) is 3.14. The van der Waals surface area contributed by atoms with Gasteiger partial charge in [0.1, 0.15) is 5.75 Å². The van der Waals surface area contributed by atoms with E-state index in [1.807, 2.05) is 6.92 Å². The Morgan fingerprint density at radius 3 is 2.50 bits per heavy atom. The molecular weight excluding hydrogens is 293 g/mol. The molecule has 0 heterocycles. The molecule has 22 heavy (non-hydrogen) atoms. The Morgan fingerprint density at radius 1 is 1.18 bits per heavy atom. The van der Waals surface area contributed by atoms with Gasteiger partial charge in [-0.15, -0.1) is 13.2 Å². The van der Waals surface area contributed by atoms with E-state index in [0.29, 0.717) is 11.1 Å². The van der Waals surface area contributed by atoms with Gasteiger partial charge in [-0.05, 0) is 42.0 Å². The highest BCUT2D eigenvalue weighted by Crippen LogP contribution is 2.58. The number of ketones is 1.